The lowest BCUT2D eigenvalue weighted by Gasteiger charge is -2.47. The minimum Gasteiger partial charge on any atom is -0.453 e. The highest BCUT2D eigenvalue weighted by Gasteiger charge is 2.36. The monoisotopic (exact) mass is 240 g/mol. The maximum absolute atomic E-state index is 11.4. The van der Waals surface area contributed by atoms with Gasteiger partial charge >= 0.3 is 6.09 Å². The van der Waals surface area contributed by atoms with Crippen molar-refractivity contribution in [3.8, 4) is 0 Å². The van der Waals surface area contributed by atoms with E-state index in [-0.39, 0.29) is 6.09 Å². The highest BCUT2D eigenvalue weighted by molar-refractivity contribution is 5.67. The van der Waals surface area contributed by atoms with Crippen LogP contribution < -0.4 is 0 Å². The summed E-state index contributed by atoms with van der Waals surface area (Å²) in [6, 6.07) is 0.766. The first kappa shape index (κ1) is 12.7. The smallest absolute Gasteiger partial charge is 0.409 e. The topological polar surface area (TPSA) is 32.8 Å². The molecule has 0 aromatic rings. The van der Waals surface area contributed by atoms with E-state index in [1.54, 1.807) is 4.90 Å². The van der Waals surface area contributed by atoms with Crippen molar-refractivity contribution in [2.75, 3.05) is 33.3 Å². The zero-order valence-corrected chi connectivity index (χ0v) is 11.2. The van der Waals surface area contributed by atoms with Crippen LogP contribution in [0.15, 0.2) is 0 Å². The summed E-state index contributed by atoms with van der Waals surface area (Å²) in [7, 11) is 1.45. The van der Waals surface area contributed by atoms with Gasteiger partial charge in [0.25, 0.3) is 0 Å². The van der Waals surface area contributed by atoms with Crippen molar-refractivity contribution < 1.29 is 9.53 Å². The molecule has 98 valence electrons. The number of hydrogen-bond donors (Lipinski definition) is 0. The lowest BCUT2D eigenvalue weighted by atomic mass is 9.73. The van der Waals surface area contributed by atoms with Gasteiger partial charge in [-0.25, -0.2) is 4.79 Å². The molecule has 2 fully saturated rings. The van der Waals surface area contributed by atoms with Gasteiger partial charge in [-0.1, -0.05) is 13.8 Å². The highest BCUT2D eigenvalue weighted by atomic mass is 16.5. The normalized spacial score (nSPS) is 30.2. The molecule has 0 aromatic carbocycles. The Hall–Kier alpha value is -0.770. The predicted molar refractivity (Wildman–Crippen MR) is 66.9 cm³/mol. The molecule has 1 saturated heterocycles. The van der Waals surface area contributed by atoms with Gasteiger partial charge in [-0.2, -0.15) is 0 Å². The third-order valence-corrected chi connectivity index (χ3v) is 4.36. The minimum absolute atomic E-state index is 0.182. The number of carbonyl (C=O) groups excluding carboxylic acids is 1. The maximum atomic E-state index is 11.4. The van der Waals surface area contributed by atoms with Gasteiger partial charge in [0.2, 0.25) is 0 Å². The van der Waals surface area contributed by atoms with Gasteiger partial charge in [0.05, 0.1) is 7.11 Å². The van der Waals surface area contributed by atoms with Crippen molar-refractivity contribution in [3.05, 3.63) is 0 Å². The van der Waals surface area contributed by atoms with Crippen molar-refractivity contribution in [2.45, 2.75) is 32.7 Å². The molecule has 0 spiro atoms. The van der Waals surface area contributed by atoms with Crippen molar-refractivity contribution in [3.63, 3.8) is 0 Å². The molecule has 0 N–H and O–H groups in total. The van der Waals surface area contributed by atoms with Gasteiger partial charge in [0.1, 0.15) is 0 Å². The fourth-order valence-corrected chi connectivity index (χ4v) is 2.87. The van der Waals surface area contributed by atoms with Crippen LogP contribution in [0.3, 0.4) is 0 Å². The first-order valence-electron chi connectivity index (χ1n) is 6.68. The molecule has 1 saturated carbocycles. The molecule has 2 rings (SSSR count). The van der Waals surface area contributed by atoms with E-state index >= 15 is 0 Å². The van der Waals surface area contributed by atoms with E-state index < -0.39 is 0 Å². The van der Waals surface area contributed by atoms with E-state index in [0.29, 0.717) is 0 Å². The van der Waals surface area contributed by atoms with Crippen molar-refractivity contribution >= 4 is 6.09 Å². The molecule has 0 bridgehead atoms. The zero-order chi connectivity index (χ0) is 12.4. The Morgan fingerprint density at radius 2 is 1.76 bits per heavy atom. The molecule has 0 aromatic heterocycles. The average molecular weight is 240 g/mol. The summed E-state index contributed by atoms with van der Waals surface area (Å²) < 4.78 is 4.74. The molecule has 1 amide bonds. The van der Waals surface area contributed by atoms with E-state index in [4.69, 9.17) is 4.74 Å². The maximum Gasteiger partial charge on any atom is 0.409 e. The van der Waals surface area contributed by atoms with Crippen LogP contribution in [-0.4, -0.2) is 55.2 Å². The van der Waals surface area contributed by atoms with E-state index in [2.05, 4.69) is 18.7 Å². The number of carbonyl (C=O) groups is 1. The number of amides is 1. The van der Waals surface area contributed by atoms with E-state index in [0.717, 1.165) is 44.1 Å². The number of piperazine rings is 1. The van der Waals surface area contributed by atoms with E-state index in [1.807, 2.05) is 0 Å². The number of nitrogens with zero attached hydrogens (tertiary/aromatic N) is 2. The third kappa shape index (κ3) is 2.73. The molecular weight excluding hydrogens is 216 g/mol. The highest BCUT2D eigenvalue weighted by Crippen LogP contribution is 2.37. The summed E-state index contributed by atoms with van der Waals surface area (Å²) in [6.07, 6.45) is 2.50. The van der Waals surface area contributed by atoms with Gasteiger partial charge in [-0.05, 0) is 24.7 Å². The van der Waals surface area contributed by atoms with Crippen molar-refractivity contribution in [1.82, 2.24) is 9.80 Å². The van der Waals surface area contributed by atoms with Gasteiger partial charge in [-0.3, -0.25) is 4.90 Å². The van der Waals surface area contributed by atoms with Crippen molar-refractivity contribution in [2.24, 2.45) is 11.8 Å². The van der Waals surface area contributed by atoms with Crippen LogP contribution in [0, 0.1) is 11.8 Å². The molecule has 0 atom stereocenters. The average Bonchev–Trinajstić information content (AvgIpc) is 2.26. The lowest BCUT2D eigenvalue weighted by molar-refractivity contribution is 0.0188. The van der Waals surface area contributed by atoms with Gasteiger partial charge in [-0.15, -0.1) is 0 Å². The number of ether oxygens (including phenoxy) is 1. The summed E-state index contributed by atoms with van der Waals surface area (Å²) in [6.45, 7) is 8.27. The Kier molecular flexibility index (Phi) is 3.92. The van der Waals surface area contributed by atoms with Crippen molar-refractivity contribution in [1.29, 1.82) is 0 Å². The van der Waals surface area contributed by atoms with Gasteiger partial charge in [0.15, 0.2) is 0 Å². The summed E-state index contributed by atoms with van der Waals surface area (Å²) in [4.78, 5) is 15.7. The first-order valence-corrected chi connectivity index (χ1v) is 6.68. The molecule has 1 aliphatic carbocycles. The second-order valence-electron chi connectivity index (χ2n) is 5.62. The molecular formula is C13H24N2O2. The summed E-state index contributed by atoms with van der Waals surface area (Å²) in [5.74, 6) is 1.74. The van der Waals surface area contributed by atoms with Crippen LogP contribution in [0.25, 0.3) is 0 Å². The molecule has 0 radical (unpaired) electrons. The largest absolute Gasteiger partial charge is 0.453 e. The minimum atomic E-state index is -0.182. The third-order valence-electron chi connectivity index (χ3n) is 4.36. The summed E-state index contributed by atoms with van der Waals surface area (Å²) in [5.41, 5.74) is 0. The Morgan fingerprint density at radius 3 is 2.24 bits per heavy atom. The number of hydrogen-bond acceptors (Lipinski definition) is 3. The first-order chi connectivity index (χ1) is 8.11. The van der Waals surface area contributed by atoms with Crippen LogP contribution in [-0.2, 0) is 4.74 Å². The molecule has 1 aliphatic heterocycles. The summed E-state index contributed by atoms with van der Waals surface area (Å²) >= 11 is 0. The molecule has 4 heteroatoms. The van der Waals surface area contributed by atoms with Crippen LogP contribution in [0.1, 0.15) is 26.7 Å². The SMILES string of the molecule is COC(=O)N1CCN(C2CC(C(C)C)C2)CC1. The van der Waals surface area contributed by atoms with Crippen LogP contribution in [0.2, 0.25) is 0 Å². The van der Waals surface area contributed by atoms with E-state index in [1.165, 1.54) is 20.0 Å². The number of methoxy groups -OCH3 is 1. The molecule has 1 heterocycles. The molecule has 0 unspecified atom stereocenters. The molecule has 4 nitrogen and oxygen atoms in total. The Bertz CT molecular complexity index is 267. The second-order valence-corrected chi connectivity index (χ2v) is 5.62. The fraction of sp³-hybridized carbons (Fsp3) is 0.923. The lowest BCUT2D eigenvalue weighted by Crippen LogP contribution is -2.55. The fourth-order valence-electron chi connectivity index (χ4n) is 2.87. The molecule has 2 aliphatic rings. The number of rotatable bonds is 2. The predicted octanol–water partition coefficient (Wildman–Crippen LogP) is 1.80. The van der Waals surface area contributed by atoms with Crippen LogP contribution in [0.5, 0.6) is 0 Å². The quantitative estimate of drug-likeness (QED) is 0.738. The van der Waals surface area contributed by atoms with Crippen LogP contribution in [0.4, 0.5) is 4.79 Å². The van der Waals surface area contributed by atoms with E-state index in [9.17, 15) is 4.79 Å². The van der Waals surface area contributed by atoms with Gasteiger partial charge < -0.3 is 9.64 Å². The summed E-state index contributed by atoms with van der Waals surface area (Å²) in [5, 5.41) is 0. The molecule has 17 heavy (non-hydrogen) atoms. The Labute approximate surface area is 104 Å². The van der Waals surface area contributed by atoms with Gasteiger partial charge in [0, 0.05) is 32.2 Å². The standard InChI is InChI=1S/C13H24N2O2/c1-10(2)11-8-12(9-11)14-4-6-15(7-5-14)13(16)17-3/h10-12H,4-9H2,1-3H3. The zero-order valence-electron chi connectivity index (χ0n) is 11.2. The Morgan fingerprint density at radius 1 is 1.18 bits per heavy atom. The van der Waals surface area contributed by atoms with Crippen LogP contribution >= 0.6 is 0 Å². The Balaban J connectivity index is 1.72. The second kappa shape index (κ2) is 5.25.